The number of rotatable bonds is 3. The Morgan fingerprint density at radius 2 is 1.70 bits per heavy atom. The summed E-state index contributed by atoms with van der Waals surface area (Å²) in [6, 6.07) is 0.174. The predicted octanol–water partition coefficient (Wildman–Crippen LogP) is 2.64. The van der Waals surface area contributed by atoms with Gasteiger partial charge in [0.25, 0.3) is 0 Å². The standard InChI is InChI=1S/C15H29NO3S/c1-12(2)15-5-4-13(3)6-9-16(15)20(17,18)14-7-10-19-11-8-14/h12-15H,4-11H2,1-3H3. The van der Waals surface area contributed by atoms with Gasteiger partial charge in [-0.2, -0.15) is 4.31 Å². The molecule has 2 aliphatic heterocycles. The van der Waals surface area contributed by atoms with E-state index < -0.39 is 10.0 Å². The summed E-state index contributed by atoms with van der Waals surface area (Å²) in [4.78, 5) is 0. The molecule has 2 fully saturated rings. The molecular formula is C15H29NO3S. The molecule has 0 bridgehead atoms. The van der Waals surface area contributed by atoms with Crippen LogP contribution < -0.4 is 0 Å². The van der Waals surface area contributed by atoms with Gasteiger partial charge in [-0.3, -0.25) is 0 Å². The van der Waals surface area contributed by atoms with E-state index in [1.807, 2.05) is 4.31 Å². The summed E-state index contributed by atoms with van der Waals surface area (Å²) < 4.78 is 33.1. The molecule has 118 valence electrons. The summed E-state index contributed by atoms with van der Waals surface area (Å²) in [5.74, 6) is 1.01. The fraction of sp³-hybridized carbons (Fsp3) is 1.00. The van der Waals surface area contributed by atoms with Gasteiger partial charge in [0.2, 0.25) is 10.0 Å². The van der Waals surface area contributed by atoms with Crippen LogP contribution in [0.15, 0.2) is 0 Å². The van der Waals surface area contributed by atoms with Crippen LogP contribution in [0.25, 0.3) is 0 Å². The smallest absolute Gasteiger partial charge is 0.217 e. The van der Waals surface area contributed by atoms with Crippen molar-refractivity contribution in [2.75, 3.05) is 19.8 Å². The topological polar surface area (TPSA) is 46.6 Å². The Bertz CT molecular complexity index is 401. The van der Waals surface area contributed by atoms with Crippen LogP contribution in [0.2, 0.25) is 0 Å². The van der Waals surface area contributed by atoms with Gasteiger partial charge in [0.15, 0.2) is 0 Å². The minimum absolute atomic E-state index is 0.174. The highest BCUT2D eigenvalue weighted by atomic mass is 32.2. The lowest BCUT2D eigenvalue weighted by molar-refractivity contribution is 0.0964. The molecule has 2 aliphatic rings. The third-order valence-corrected chi connectivity index (χ3v) is 7.27. The lowest BCUT2D eigenvalue weighted by Gasteiger charge is -2.35. The van der Waals surface area contributed by atoms with Crippen molar-refractivity contribution >= 4 is 10.0 Å². The number of nitrogens with zero attached hydrogens (tertiary/aromatic N) is 1. The molecule has 2 heterocycles. The first-order valence-electron chi connectivity index (χ1n) is 8.01. The van der Waals surface area contributed by atoms with Crippen molar-refractivity contribution in [1.29, 1.82) is 0 Å². The van der Waals surface area contributed by atoms with E-state index in [9.17, 15) is 8.42 Å². The Morgan fingerprint density at radius 3 is 2.30 bits per heavy atom. The van der Waals surface area contributed by atoms with E-state index in [0.29, 0.717) is 44.4 Å². The molecule has 4 nitrogen and oxygen atoms in total. The summed E-state index contributed by atoms with van der Waals surface area (Å²) in [5.41, 5.74) is 0. The van der Waals surface area contributed by atoms with Crippen LogP contribution in [0.3, 0.4) is 0 Å². The van der Waals surface area contributed by atoms with Crippen molar-refractivity contribution in [3.63, 3.8) is 0 Å². The Kier molecular flexibility index (Phi) is 5.49. The summed E-state index contributed by atoms with van der Waals surface area (Å²) in [7, 11) is -3.17. The normalized spacial score (nSPS) is 31.4. The Labute approximate surface area is 123 Å². The molecule has 0 spiro atoms. The molecule has 5 heteroatoms. The Morgan fingerprint density at radius 1 is 1.05 bits per heavy atom. The molecule has 2 rings (SSSR count). The predicted molar refractivity (Wildman–Crippen MR) is 81.1 cm³/mol. The molecule has 2 atom stereocenters. The van der Waals surface area contributed by atoms with Gasteiger partial charge in [-0.25, -0.2) is 8.42 Å². The summed E-state index contributed by atoms with van der Waals surface area (Å²) in [6.07, 6.45) is 4.44. The second kappa shape index (κ2) is 6.75. The van der Waals surface area contributed by atoms with Crippen LogP contribution in [0.4, 0.5) is 0 Å². The number of hydrogen-bond donors (Lipinski definition) is 0. The molecule has 0 saturated carbocycles. The van der Waals surface area contributed by atoms with Gasteiger partial charge in [-0.15, -0.1) is 0 Å². The van der Waals surface area contributed by atoms with E-state index in [0.717, 1.165) is 19.3 Å². The maximum atomic E-state index is 13.0. The van der Waals surface area contributed by atoms with Crippen molar-refractivity contribution in [3.05, 3.63) is 0 Å². The first-order valence-corrected chi connectivity index (χ1v) is 9.51. The average molecular weight is 303 g/mol. The SMILES string of the molecule is CC1CCC(C(C)C)N(S(=O)(=O)C2CCOCC2)CC1. The van der Waals surface area contributed by atoms with Crippen LogP contribution in [-0.4, -0.2) is 43.8 Å². The minimum atomic E-state index is -3.17. The molecule has 20 heavy (non-hydrogen) atoms. The molecule has 0 aromatic carbocycles. The largest absolute Gasteiger partial charge is 0.381 e. The summed E-state index contributed by atoms with van der Waals surface area (Å²) >= 11 is 0. The first kappa shape index (κ1) is 16.2. The van der Waals surface area contributed by atoms with E-state index in [1.165, 1.54) is 0 Å². The third kappa shape index (κ3) is 3.55. The molecule has 2 unspecified atom stereocenters. The van der Waals surface area contributed by atoms with Crippen LogP contribution in [0, 0.1) is 11.8 Å². The average Bonchev–Trinajstić information content (AvgIpc) is 2.62. The number of ether oxygens (including phenoxy) is 1. The summed E-state index contributed by atoms with van der Waals surface area (Å²) in [5, 5.41) is -0.231. The Balaban J connectivity index is 2.20. The van der Waals surface area contributed by atoms with Gasteiger partial charge in [0.1, 0.15) is 0 Å². The van der Waals surface area contributed by atoms with Crippen LogP contribution in [0.5, 0.6) is 0 Å². The second-order valence-corrected chi connectivity index (χ2v) is 8.92. The quantitative estimate of drug-likeness (QED) is 0.805. The van der Waals surface area contributed by atoms with Gasteiger partial charge >= 0.3 is 0 Å². The van der Waals surface area contributed by atoms with E-state index in [4.69, 9.17) is 4.74 Å². The molecule has 2 saturated heterocycles. The monoisotopic (exact) mass is 303 g/mol. The molecule has 0 amide bonds. The number of sulfonamides is 1. The lowest BCUT2D eigenvalue weighted by atomic mass is 9.96. The second-order valence-electron chi connectivity index (χ2n) is 6.75. The van der Waals surface area contributed by atoms with Crippen molar-refractivity contribution in [2.24, 2.45) is 11.8 Å². The maximum Gasteiger partial charge on any atom is 0.217 e. The van der Waals surface area contributed by atoms with Gasteiger partial charge in [-0.05, 0) is 43.9 Å². The van der Waals surface area contributed by atoms with Gasteiger partial charge in [0, 0.05) is 25.8 Å². The zero-order chi connectivity index (χ0) is 14.8. The van der Waals surface area contributed by atoms with E-state index in [2.05, 4.69) is 20.8 Å². The molecule has 0 aromatic heterocycles. The van der Waals surface area contributed by atoms with Crippen molar-refractivity contribution in [1.82, 2.24) is 4.31 Å². The van der Waals surface area contributed by atoms with Crippen LogP contribution in [0.1, 0.15) is 52.9 Å². The molecule has 0 N–H and O–H groups in total. The summed E-state index contributed by atoms with van der Waals surface area (Å²) in [6.45, 7) is 8.40. The van der Waals surface area contributed by atoms with Crippen LogP contribution >= 0.6 is 0 Å². The van der Waals surface area contributed by atoms with Crippen LogP contribution in [-0.2, 0) is 14.8 Å². The first-order chi connectivity index (χ1) is 9.43. The highest BCUT2D eigenvalue weighted by molar-refractivity contribution is 7.89. The maximum absolute atomic E-state index is 13.0. The highest BCUT2D eigenvalue weighted by Gasteiger charge is 2.39. The fourth-order valence-electron chi connectivity index (χ4n) is 3.40. The van der Waals surface area contributed by atoms with Crippen molar-refractivity contribution < 1.29 is 13.2 Å². The van der Waals surface area contributed by atoms with Gasteiger partial charge < -0.3 is 4.74 Å². The van der Waals surface area contributed by atoms with Gasteiger partial charge in [-0.1, -0.05) is 20.8 Å². The van der Waals surface area contributed by atoms with Crippen molar-refractivity contribution in [3.8, 4) is 0 Å². The Hall–Kier alpha value is -0.130. The van der Waals surface area contributed by atoms with Gasteiger partial charge in [0.05, 0.1) is 5.25 Å². The zero-order valence-corrected chi connectivity index (χ0v) is 13.9. The van der Waals surface area contributed by atoms with Crippen molar-refractivity contribution in [2.45, 2.75) is 64.2 Å². The van der Waals surface area contributed by atoms with E-state index in [-0.39, 0.29) is 11.3 Å². The molecule has 0 aliphatic carbocycles. The zero-order valence-electron chi connectivity index (χ0n) is 13.0. The lowest BCUT2D eigenvalue weighted by Crippen LogP contribution is -2.48. The minimum Gasteiger partial charge on any atom is -0.381 e. The molecule has 0 aromatic rings. The van der Waals surface area contributed by atoms with E-state index >= 15 is 0 Å². The number of hydrogen-bond acceptors (Lipinski definition) is 3. The molecule has 0 radical (unpaired) electrons. The van der Waals surface area contributed by atoms with E-state index in [1.54, 1.807) is 0 Å². The highest BCUT2D eigenvalue weighted by Crippen LogP contribution is 2.31. The fourth-order valence-corrected chi connectivity index (χ4v) is 5.66. The third-order valence-electron chi connectivity index (χ3n) is 4.85. The molecular weight excluding hydrogens is 274 g/mol.